The number of para-hydroxylation sites is 1. The van der Waals surface area contributed by atoms with Gasteiger partial charge < -0.3 is 20.3 Å². The molecule has 0 aliphatic carbocycles. The molecule has 1 unspecified atom stereocenters. The van der Waals surface area contributed by atoms with E-state index in [0.717, 1.165) is 24.5 Å². The summed E-state index contributed by atoms with van der Waals surface area (Å²) in [7, 11) is 0. The van der Waals surface area contributed by atoms with Gasteiger partial charge in [-0.3, -0.25) is 4.79 Å². The number of nitrogens with zero attached hydrogens (tertiary/aromatic N) is 3. The summed E-state index contributed by atoms with van der Waals surface area (Å²) in [6.45, 7) is 3.85. The number of hydrogen-bond acceptors (Lipinski definition) is 6. The Balaban J connectivity index is 1.34. The van der Waals surface area contributed by atoms with E-state index in [0.29, 0.717) is 17.3 Å². The number of ether oxygens (including phenoxy) is 1. The molecule has 1 amide bonds. The van der Waals surface area contributed by atoms with Gasteiger partial charge in [-0.25, -0.2) is 0 Å². The van der Waals surface area contributed by atoms with Crippen LogP contribution in [0, 0.1) is 0 Å². The third-order valence-electron chi connectivity index (χ3n) is 4.96. The highest BCUT2D eigenvalue weighted by molar-refractivity contribution is 5.94. The van der Waals surface area contributed by atoms with Crippen LogP contribution in [0.5, 0.6) is 5.75 Å². The van der Waals surface area contributed by atoms with E-state index in [1.165, 1.54) is 12.8 Å². The van der Waals surface area contributed by atoms with Crippen LogP contribution in [0.25, 0.3) is 0 Å². The summed E-state index contributed by atoms with van der Waals surface area (Å²) in [6.07, 6.45) is 3.63. The standard InChI is InChI=1S/C23H25N5O2/c1-17(30-21-7-3-2-4-8-21)23(29)26-19-11-9-18(10-12-19)25-22-15-20(16-24-27-22)28-13-5-6-14-28/h2-4,7-12,15-17H,5-6,13-14H2,1H3,(H,25,27)(H,26,29). The van der Waals surface area contributed by atoms with Gasteiger partial charge in [-0.1, -0.05) is 18.2 Å². The van der Waals surface area contributed by atoms with Gasteiger partial charge in [0, 0.05) is 30.5 Å². The van der Waals surface area contributed by atoms with Gasteiger partial charge in [0.1, 0.15) is 5.75 Å². The molecule has 1 fully saturated rings. The van der Waals surface area contributed by atoms with Gasteiger partial charge in [-0.2, -0.15) is 5.10 Å². The predicted molar refractivity (Wildman–Crippen MR) is 118 cm³/mol. The molecule has 1 aromatic heterocycles. The van der Waals surface area contributed by atoms with Crippen molar-refractivity contribution in [1.29, 1.82) is 0 Å². The minimum absolute atomic E-state index is 0.205. The molecule has 1 saturated heterocycles. The molecule has 2 N–H and O–H groups in total. The van der Waals surface area contributed by atoms with Crippen molar-refractivity contribution < 1.29 is 9.53 Å². The number of carbonyl (C=O) groups is 1. The topological polar surface area (TPSA) is 79.4 Å². The van der Waals surface area contributed by atoms with Crippen molar-refractivity contribution in [3.63, 3.8) is 0 Å². The first-order chi connectivity index (χ1) is 14.7. The molecule has 0 radical (unpaired) electrons. The Bertz CT molecular complexity index is 972. The third kappa shape index (κ3) is 5.05. The Kier molecular flexibility index (Phi) is 6.08. The summed E-state index contributed by atoms with van der Waals surface area (Å²) >= 11 is 0. The predicted octanol–water partition coefficient (Wildman–Crippen LogP) is 4.23. The van der Waals surface area contributed by atoms with Crippen LogP contribution in [0.15, 0.2) is 66.9 Å². The lowest BCUT2D eigenvalue weighted by Crippen LogP contribution is -2.30. The Morgan fingerprint density at radius 2 is 1.73 bits per heavy atom. The fraction of sp³-hybridized carbons (Fsp3) is 0.261. The zero-order valence-electron chi connectivity index (χ0n) is 16.9. The summed E-state index contributed by atoms with van der Waals surface area (Å²) in [5.41, 5.74) is 2.65. The van der Waals surface area contributed by atoms with E-state index in [9.17, 15) is 4.79 Å². The largest absolute Gasteiger partial charge is 0.481 e. The summed E-state index contributed by atoms with van der Waals surface area (Å²) in [4.78, 5) is 14.7. The Morgan fingerprint density at radius 1 is 1.03 bits per heavy atom. The molecular weight excluding hydrogens is 378 g/mol. The molecule has 154 valence electrons. The summed E-state index contributed by atoms with van der Waals surface area (Å²) in [5, 5.41) is 14.4. The molecule has 2 heterocycles. The highest BCUT2D eigenvalue weighted by Gasteiger charge is 2.15. The maximum absolute atomic E-state index is 12.4. The van der Waals surface area contributed by atoms with Gasteiger partial charge in [-0.05, 0) is 56.2 Å². The van der Waals surface area contributed by atoms with E-state index < -0.39 is 6.10 Å². The molecule has 30 heavy (non-hydrogen) atoms. The maximum Gasteiger partial charge on any atom is 0.265 e. The van der Waals surface area contributed by atoms with E-state index in [-0.39, 0.29) is 5.91 Å². The minimum Gasteiger partial charge on any atom is -0.481 e. The second-order valence-electron chi connectivity index (χ2n) is 7.26. The van der Waals surface area contributed by atoms with Crippen LogP contribution in [0.2, 0.25) is 0 Å². The molecule has 1 aliphatic rings. The van der Waals surface area contributed by atoms with Crippen LogP contribution in [0.1, 0.15) is 19.8 Å². The zero-order valence-corrected chi connectivity index (χ0v) is 16.9. The Morgan fingerprint density at radius 3 is 2.47 bits per heavy atom. The molecule has 3 aromatic rings. The average Bonchev–Trinajstić information content (AvgIpc) is 3.31. The van der Waals surface area contributed by atoms with Crippen LogP contribution in [-0.4, -0.2) is 35.3 Å². The number of amides is 1. The first kappa shape index (κ1) is 19.7. The van der Waals surface area contributed by atoms with E-state index in [4.69, 9.17) is 4.74 Å². The number of aromatic nitrogens is 2. The molecule has 0 saturated carbocycles. The second-order valence-corrected chi connectivity index (χ2v) is 7.26. The normalized spacial score (nSPS) is 14.2. The Hall–Kier alpha value is -3.61. The van der Waals surface area contributed by atoms with Gasteiger partial charge >= 0.3 is 0 Å². The van der Waals surface area contributed by atoms with Crippen molar-refractivity contribution in [1.82, 2.24) is 10.2 Å². The molecule has 2 aromatic carbocycles. The number of rotatable bonds is 7. The van der Waals surface area contributed by atoms with Gasteiger partial charge in [0.15, 0.2) is 11.9 Å². The molecule has 0 spiro atoms. The van der Waals surface area contributed by atoms with Crippen molar-refractivity contribution in [2.75, 3.05) is 28.6 Å². The lowest BCUT2D eigenvalue weighted by atomic mass is 10.2. The molecular formula is C23H25N5O2. The molecule has 1 aliphatic heterocycles. The number of carbonyl (C=O) groups excluding carboxylic acids is 1. The van der Waals surface area contributed by atoms with E-state index >= 15 is 0 Å². The SMILES string of the molecule is CC(Oc1ccccc1)C(=O)Nc1ccc(Nc2cc(N3CCCC3)cnn2)cc1. The lowest BCUT2D eigenvalue weighted by Gasteiger charge is -2.17. The molecule has 1 atom stereocenters. The van der Waals surface area contributed by atoms with Crippen LogP contribution in [0.3, 0.4) is 0 Å². The number of anilines is 4. The van der Waals surface area contributed by atoms with E-state index in [1.807, 2.05) is 60.7 Å². The van der Waals surface area contributed by atoms with Crippen LogP contribution in [0.4, 0.5) is 22.9 Å². The van der Waals surface area contributed by atoms with E-state index in [1.54, 1.807) is 13.1 Å². The minimum atomic E-state index is -0.603. The van der Waals surface area contributed by atoms with Gasteiger partial charge in [-0.15, -0.1) is 5.10 Å². The van der Waals surface area contributed by atoms with Crippen LogP contribution < -0.4 is 20.3 Å². The average molecular weight is 403 g/mol. The quantitative estimate of drug-likeness (QED) is 0.615. The van der Waals surface area contributed by atoms with Crippen LogP contribution in [-0.2, 0) is 4.79 Å². The highest BCUT2D eigenvalue weighted by Crippen LogP contribution is 2.23. The summed E-state index contributed by atoms with van der Waals surface area (Å²) < 4.78 is 5.66. The fourth-order valence-electron chi connectivity index (χ4n) is 3.35. The van der Waals surface area contributed by atoms with E-state index in [2.05, 4.69) is 25.7 Å². The lowest BCUT2D eigenvalue weighted by molar-refractivity contribution is -0.122. The Labute approximate surface area is 176 Å². The summed E-state index contributed by atoms with van der Waals surface area (Å²) in [5.74, 6) is 1.15. The number of nitrogens with one attached hydrogen (secondary N) is 2. The zero-order chi connectivity index (χ0) is 20.8. The molecule has 7 nitrogen and oxygen atoms in total. The first-order valence-corrected chi connectivity index (χ1v) is 10.1. The number of benzene rings is 2. The first-order valence-electron chi connectivity index (χ1n) is 10.1. The molecule has 7 heteroatoms. The van der Waals surface area contributed by atoms with Gasteiger partial charge in [0.05, 0.1) is 11.9 Å². The van der Waals surface area contributed by atoms with Crippen molar-refractivity contribution in [3.8, 4) is 5.75 Å². The van der Waals surface area contributed by atoms with Gasteiger partial charge in [0.25, 0.3) is 5.91 Å². The highest BCUT2D eigenvalue weighted by atomic mass is 16.5. The third-order valence-corrected chi connectivity index (χ3v) is 4.96. The monoisotopic (exact) mass is 403 g/mol. The number of hydrogen-bond donors (Lipinski definition) is 2. The maximum atomic E-state index is 12.4. The van der Waals surface area contributed by atoms with Gasteiger partial charge in [0.2, 0.25) is 0 Å². The fourth-order valence-corrected chi connectivity index (χ4v) is 3.35. The van der Waals surface area contributed by atoms with Crippen molar-refractivity contribution in [2.24, 2.45) is 0 Å². The van der Waals surface area contributed by atoms with Crippen LogP contribution >= 0.6 is 0 Å². The molecule has 4 rings (SSSR count). The summed E-state index contributed by atoms with van der Waals surface area (Å²) in [6, 6.07) is 18.8. The van der Waals surface area contributed by atoms with Crippen molar-refractivity contribution >= 4 is 28.8 Å². The smallest absolute Gasteiger partial charge is 0.265 e. The second kappa shape index (κ2) is 9.26. The van der Waals surface area contributed by atoms with Crippen molar-refractivity contribution in [2.45, 2.75) is 25.9 Å². The molecule has 0 bridgehead atoms. The van der Waals surface area contributed by atoms with Crippen molar-refractivity contribution in [3.05, 3.63) is 66.9 Å².